The van der Waals surface area contributed by atoms with Gasteiger partial charge in [0.15, 0.2) is 0 Å². The molecular weight excluding hydrogens is 506 g/mol. The van der Waals surface area contributed by atoms with E-state index in [1.807, 2.05) is 0 Å². The van der Waals surface area contributed by atoms with E-state index in [4.69, 9.17) is 18.9 Å². The van der Waals surface area contributed by atoms with Crippen molar-refractivity contribution >= 4 is 29.9 Å². The van der Waals surface area contributed by atoms with Crippen LogP contribution in [-0.2, 0) is 36.8 Å². The second-order valence-electron chi connectivity index (χ2n) is 11.1. The van der Waals surface area contributed by atoms with Crippen molar-refractivity contribution in [3.63, 3.8) is 0 Å². The first kappa shape index (κ1) is 29.4. The van der Waals surface area contributed by atoms with Gasteiger partial charge in [-0.15, -0.1) is 0 Å². The zero-order chi connectivity index (χ0) is 29.0. The number of pyridine rings is 1. The smallest absolute Gasteiger partial charge is 0.425 e. The number of hydrogen-bond donors (Lipinski definition) is 1. The van der Waals surface area contributed by atoms with E-state index in [1.165, 1.54) is 12.3 Å². The summed E-state index contributed by atoms with van der Waals surface area (Å²) in [6.45, 7) is 10.1. The lowest BCUT2D eigenvalue weighted by Crippen LogP contribution is -2.63. The highest BCUT2D eigenvalue weighted by Gasteiger charge is 2.45. The topological polar surface area (TPSA) is 133 Å². The number of aromatic nitrogens is 1. The van der Waals surface area contributed by atoms with Crippen molar-refractivity contribution in [2.24, 2.45) is 5.92 Å². The van der Waals surface area contributed by atoms with Gasteiger partial charge in [0.2, 0.25) is 5.91 Å². The number of methoxy groups -OCH3 is 1. The fourth-order valence-corrected chi connectivity index (χ4v) is 3.66. The average molecular weight is 542 g/mol. The van der Waals surface area contributed by atoms with Crippen LogP contribution in [0.5, 0.6) is 5.75 Å². The summed E-state index contributed by atoms with van der Waals surface area (Å²) in [6.07, 6.45) is -0.356. The number of imide groups is 1. The molecular formula is C28H35N3O8. The fourth-order valence-electron chi connectivity index (χ4n) is 3.66. The maximum absolute atomic E-state index is 12.9. The van der Waals surface area contributed by atoms with E-state index in [9.17, 15) is 19.2 Å². The molecule has 1 unspecified atom stereocenters. The molecule has 3 amide bonds. The van der Waals surface area contributed by atoms with Gasteiger partial charge in [-0.1, -0.05) is 12.1 Å². The third-order valence-corrected chi connectivity index (χ3v) is 5.48. The van der Waals surface area contributed by atoms with Crippen LogP contribution in [0, 0.1) is 5.92 Å². The Bertz CT molecular complexity index is 1190. The van der Waals surface area contributed by atoms with Crippen LogP contribution in [0.3, 0.4) is 0 Å². The third kappa shape index (κ3) is 8.17. The van der Waals surface area contributed by atoms with E-state index >= 15 is 0 Å². The molecule has 210 valence electrons. The van der Waals surface area contributed by atoms with Crippen LogP contribution >= 0.6 is 0 Å². The van der Waals surface area contributed by atoms with Gasteiger partial charge in [-0.05, 0) is 83.4 Å². The molecule has 11 heteroatoms. The highest BCUT2D eigenvalue weighted by atomic mass is 16.6. The molecule has 2 atom stereocenters. The largest absolute Gasteiger partial charge is 0.497 e. The second kappa shape index (κ2) is 11.7. The summed E-state index contributed by atoms with van der Waals surface area (Å²) < 4.78 is 21.3. The molecule has 0 spiro atoms. The Morgan fingerprint density at radius 1 is 0.923 bits per heavy atom. The van der Waals surface area contributed by atoms with Crippen molar-refractivity contribution in [3.8, 4) is 5.75 Å². The molecule has 0 bridgehead atoms. The van der Waals surface area contributed by atoms with Gasteiger partial charge in [-0.25, -0.2) is 19.4 Å². The molecule has 0 saturated carbocycles. The zero-order valence-electron chi connectivity index (χ0n) is 23.3. The number of esters is 1. The summed E-state index contributed by atoms with van der Waals surface area (Å²) in [4.78, 5) is 55.8. The first-order valence-corrected chi connectivity index (χ1v) is 12.5. The summed E-state index contributed by atoms with van der Waals surface area (Å²) in [5, 5.41) is 2.58. The van der Waals surface area contributed by atoms with E-state index in [-0.39, 0.29) is 24.8 Å². The van der Waals surface area contributed by atoms with Gasteiger partial charge in [0.05, 0.1) is 13.0 Å². The van der Waals surface area contributed by atoms with Crippen LogP contribution in [0.2, 0.25) is 0 Å². The Morgan fingerprint density at radius 2 is 1.51 bits per heavy atom. The molecule has 2 aromatic rings. The van der Waals surface area contributed by atoms with Gasteiger partial charge in [0, 0.05) is 6.20 Å². The monoisotopic (exact) mass is 541 g/mol. The number of nitrogens with one attached hydrogen (secondary N) is 1. The summed E-state index contributed by atoms with van der Waals surface area (Å²) in [6, 6.07) is 9.37. The molecule has 0 aliphatic carbocycles. The van der Waals surface area contributed by atoms with Crippen LogP contribution < -0.4 is 15.0 Å². The van der Waals surface area contributed by atoms with E-state index < -0.39 is 41.3 Å². The lowest BCUT2D eigenvalue weighted by Gasteiger charge is -2.35. The summed E-state index contributed by atoms with van der Waals surface area (Å²) >= 11 is 0. The Balaban J connectivity index is 1.73. The fraction of sp³-hybridized carbons (Fsp3) is 0.464. The number of carbonyl (C=O) groups excluding carboxylic acids is 4. The van der Waals surface area contributed by atoms with Gasteiger partial charge in [-0.3, -0.25) is 4.79 Å². The number of hydrogen-bond acceptors (Lipinski definition) is 9. The van der Waals surface area contributed by atoms with Crippen LogP contribution in [0.4, 0.5) is 15.4 Å². The summed E-state index contributed by atoms with van der Waals surface area (Å²) in [5.41, 5.74) is -0.407. The first-order chi connectivity index (χ1) is 18.2. The molecule has 1 saturated heterocycles. The number of ether oxygens (including phenoxy) is 4. The Kier molecular flexibility index (Phi) is 8.83. The maximum Gasteiger partial charge on any atom is 0.425 e. The van der Waals surface area contributed by atoms with Crippen LogP contribution in [0.15, 0.2) is 42.6 Å². The number of β-lactam (4-membered cyclic amide) rings is 1. The van der Waals surface area contributed by atoms with Gasteiger partial charge < -0.3 is 24.3 Å². The number of nitrogens with zero attached hydrogens (tertiary/aromatic N) is 2. The predicted octanol–water partition coefficient (Wildman–Crippen LogP) is 4.17. The average Bonchev–Trinajstić information content (AvgIpc) is 2.83. The summed E-state index contributed by atoms with van der Waals surface area (Å²) in [7, 11) is 1.56. The van der Waals surface area contributed by atoms with E-state index in [1.54, 1.807) is 79.0 Å². The Labute approximate surface area is 227 Å². The van der Waals surface area contributed by atoms with Crippen molar-refractivity contribution in [1.29, 1.82) is 0 Å². The minimum absolute atomic E-state index is 0.0330. The first-order valence-electron chi connectivity index (χ1n) is 12.5. The minimum Gasteiger partial charge on any atom is -0.497 e. The van der Waals surface area contributed by atoms with Gasteiger partial charge >= 0.3 is 18.2 Å². The van der Waals surface area contributed by atoms with Gasteiger partial charge in [0.25, 0.3) is 0 Å². The Hall–Kier alpha value is -4.15. The number of anilines is 1. The van der Waals surface area contributed by atoms with Gasteiger partial charge in [-0.2, -0.15) is 4.90 Å². The van der Waals surface area contributed by atoms with Crippen molar-refractivity contribution in [2.45, 2.75) is 71.8 Å². The number of amides is 3. The molecule has 11 nitrogen and oxygen atoms in total. The van der Waals surface area contributed by atoms with Crippen LogP contribution in [-0.4, -0.2) is 53.4 Å². The van der Waals surface area contributed by atoms with Crippen molar-refractivity contribution in [2.75, 3.05) is 12.0 Å². The summed E-state index contributed by atoms with van der Waals surface area (Å²) in [5.74, 6) is -0.913. The molecule has 3 rings (SSSR count). The van der Waals surface area contributed by atoms with Crippen LogP contribution in [0.25, 0.3) is 0 Å². The standard InChI is InChI=1S/C28H35N3O8/c1-27(2,3)38-25(34)31(26(35)39-28(4,5)6)21-15-18(12-13-29-21)14-20-22(30-23(20)32)24(33)37-16-17-8-10-19(36-7)11-9-17/h8-13,15,20,22H,14,16H2,1-7H3,(H,30,32)/t20?,22-/m0/s1. The molecule has 1 fully saturated rings. The molecule has 1 aliphatic heterocycles. The highest BCUT2D eigenvalue weighted by Crippen LogP contribution is 2.26. The molecule has 2 heterocycles. The third-order valence-electron chi connectivity index (χ3n) is 5.48. The normalized spacial score (nSPS) is 16.8. The zero-order valence-corrected chi connectivity index (χ0v) is 23.3. The quantitative estimate of drug-likeness (QED) is 0.311. The van der Waals surface area contributed by atoms with E-state index in [0.717, 1.165) is 5.56 Å². The second-order valence-corrected chi connectivity index (χ2v) is 11.1. The molecule has 1 aliphatic rings. The minimum atomic E-state index is -0.956. The predicted molar refractivity (Wildman–Crippen MR) is 141 cm³/mol. The van der Waals surface area contributed by atoms with E-state index in [0.29, 0.717) is 16.2 Å². The maximum atomic E-state index is 12.9. The number of benzene rings is 1. The highest BCUT2D eigenvalue weighted by molar-refractivity contribution is 6.08. The van der Waals surface area contributed by atoms with Crippen molar-refractivity contribution < 1.29 is 38.1 Å². The lowest BCUT2D eigenvalue weighted by atomic mass is 9.85. The van der Waals surface area contributed by atoms with E-state index in [2.05, 4.69) is 10.3 Å². The molecule has 39 heavy (non-hydrogen) atoms. The molecule has 1 N–H and O–H groups in total. The SMILES string of the molecule is COc1ccc(COC(=O)[C@H]2NC(=O)C2Cc2ccnc(N(C(=O)OC(C)(C)C)C(=O)OC(C)(C)C)c2)cc1. The number of rotatable bonds is 7. The Morgan fingerprint density at radius 3 is 2.03 bits per heavy atom. The molecule has 1 aromatic carbocycles. The van der Waals surface area contributed by atoms with Gasteiger partial charge in [0.1, 0.15) is 35.4 Å². The van der Waals surface area contributed by atoms with Crippen LogP contribution in [0.1, 0.15) is 52.7 Å². The van der Waals surface area contributed by atoms with Crippen molar-refractivity contribution in [3.05, 3.63) is 53.7 Å². The number of carbonyl (C=O) groups is 4. The molecule has 1 aromatic heterocycles. The lowest BCUT2D eigenvalue weighted by molar-refractivity contribution is -0.158. The molecule has 0 radical (unpaired) electrons. The van der Waals surface area contributed by atoms with Crippen molar-refractivity contribution in [1.82, 2.24) is 10.3 Å².